The van der Waals surface area contributed by atoms with Crippen molar-refractivity contribution in [3.63, 3.8) is 0 Å². The van der Waals surface area contributed by atoms with Crippen LogP contribution in [-0.2, 0) is 0 Å². The second kappa shape index (κ2) is 5.38. The maximum absolute atomic E-state index is 2.37. The van der Waals surface area contributed by atoms with Crippen molar-refractivity contribution in [3.05, 3.63) is 22.8 Å². The van der Waals surface area contributed by atoms with Gasteiger partial charge in [0.1, 0.15) is 0 Å². The molecule has 80 valence electrons. The summed E-state index contributed by atoms with van der Waals surface area (Å²) in [5.41, 5.74) is 4.99. The smallest absolute Gasteiger partial charge is 0.0160 e. The third-order valence-corrected chi connectivity index (χ3v) is 3.45. The molecular weight excluding hydrogens is 168 g/mol. The fourth-order valence-electron chi connectivity index (χ4n) is 2.33. The molecule has 1 rings (SSSR count). The summed E-state index contributed by atoms with van der Waals surface area (Å²) in [6.07, 6.45) is 8.88. The lowest BCUT2D eigenvalue weighted by atomic mass is 9.73. The number of hydrogen-bond acceptors (Lipinski definition) is 0. The van der Waals surface area contributed by atoms with Crippen molar-refractivity contribution < 1.29 is 0 Å². The van der Waals surface area contributed by atoms with Gasteiger partial charge in [-0.3, -0.25) is 0 Å². The van der Waals surface area contributed by atoms with Crippen LogP contribution in [0.3, 0.4) is 0 Å². The third kappa shape index (κ3) is 2.73. The molecule has 0 aromatic heterocycles. The molecule has 1 saturated carbocycles. The van der Waals surface area contributed by atoms with E-state index >= 15 is 0 Å². The zero-order valence-corrected chi connectivity index (χ0v) is 10.2. The molecule has 0 heterocycles. The van der Waals surface area contributed by atoms with Crippen molar-refractivity contribution in [2.75, 3.05) is 0 Å². The van der Waals surface area contributed by atoms with Gasteiger partial charge in [0.2, 0.25) is 0 Å². The van der Waals surface area contributed by atoms with E-state index in [9.17, 15) is 0 Å². The maximum atomic E-state index is 2.37. The van der Waals surface area contributed by atoms with E-state index in [2.05, 4.69) is 33.8 Å². The fourth-order valence-corrected chi connectivity index (χ4v) is 2.33. The minimum Gasteiger partial charge on any atom is -0.0859 e. The van der Waals surface area contributed by atoms with Crippen LogP contribution in [0, 0.1) is 5.92 Å². The van der Waals surface area contributed by atoms with Crippen LogP contribution < -0.4 is 0 Å². The molecular formula is C14H24. The van der Waals surface area contributed by atoms with Gasteiger partial charge < -0.3 is 0 Å². The molecule has 14 heavy (non-hydrogen) atoms. The third-order valence-electron chi connectivity index (χ3n) is 3.45. The molecule has 1 unspecified atom stereocenters. The average Bonchev–Trinajstić information content (AvgIpc) is 2.13. The number of hydrogen-bond donors (Lipinski definition) is 0. The average molecular weight is 192 g/mol. The monoisotopic (exact) mass is 192 g/mol. The molecule has 0 bridgehead atoms. The fraction of sp³-hybridized carbons (Fsp3) is 0.714. The van der Waals surface area contributed by atoms with Crippen LogP contribution in [0.1, 0.15) is 59.8 Å². The molecule has 0 saturated heterocycles. The normalized spacial score (nSPS) is 26.0. The van der Waals surface area contributed by atoms with Crippen molar-refractivity contribution in [2.24, 2.45) is 5.92 Å². The highest BCUT2D eigenvalue weighted by Crippen LogP contribution is 2.40. The molecule has 0 radical (unpaired) electrons. The van der Waals surface area contributed by atoms with Crippen LogP contribution in [0.2, 0.25) is 0 Å². The Hall–Kier alpha value is -0.520. The highest BCUT2D eigenvalue weighted by Gasteiger charge is 2.25. The van der Waals surface area contributed by atoms with E-state index in [1.54, 1.807) is 16.7 Å². The van der Waals surface area contributed by atoms with E-state index in [0.717, 1.165) is 5.92 Å². The largest absolute Gasteiger partial charge is 0.0859 e. The summed E-state index contributed by atoms with van der Waals surface area (Å²) in [4.78, 5) is 0. The zero-order valence-electron chi connectivity index (χ0n) is 10.2. The Kier molecular flexibility index (Phi) is 4.44. The van der Waals surface area contributed by atoms with Crippen molar-refractivity contribution in [1.82, 2.24) is 0 Å². The van der Waals surface area contributed by atoms with Crippen LogP contribution in [0.15, 0.2) is 22.8 Å². The van der Waals surface area contributed by atoms with Crippen molar-refractivity contribution in [2.45, 2.75) is 59.8 Å². The number of allylic oxidation sites excluding steroid dienone is 4. The van der Waals surface area contributed by atoms with Gasteiger partial charge in [-0.25, -0.2) is 0 Å². The second-order valence-electron chi connectivity index (χ2n) is 4.56. The first-order valence-electron chi connectivity index (χ1n) is 6.03. The molecule has 0 N–H and O–H groups in total. The molecule has 0 heteroatoms. The summed E-state index contributed by atoms with van der Waals surface area (Å²) in [6, 6.07) is 0. The van der Waals surface area contributed by atoms with E-state index in [1.165, 1.54) is 32.1 Å². The first-order valence-corrected chi connectivity index (χ1v) is 6.03. The van der Waals surface area contributed by atoms with Crippen molar-refractivity contribution >= 4 is 0 Å². The molecule has 1 aliphatic carbocycles. The quantitative estimate of drug-likeness (QED) is 0.557. The molecule has 0 aromatic carbocycles. The predicted molar refractivity (Wildman–Crippen MR) is 64.4 cm³/mol. The lowest BCUT2D eigenvalue weighted by Gasteiger charge is -2.32. The lowest BCUT2D eigenvalue weighted by Crippen LogP contribution is -2.17. The van der Waals surface area contributed by atoms with Gasteiger partial charge in [-0.05, 0) is 51.9 Å². The SMILES string of the molecule is CCC=C(C)CC1CCC1=C(C)CC. The summed E-state index contributed by atoms with van der Waals surface area (Å²) >= 11 is 0. The maximum Gasteiger partial charge on any atom is -0.0160 e. The summed E-state index contributed by atoms with van der Waals surface area (Å²) in [5.74, 6) is 0.887. The van der Waals surface area contributed by atoms with Gasteiger partial charge in [-0.1, -0.05) is 36.6 Å². The molecule has 0 aliphatic heterocycles. The number of rotatable bonds is 4. The van der Waals surface area contributed by atoms with Crippen molar-refractivity contribution in [3.8, 4) is 0 Å². The van der Waals surface area contributed by atoms with Gasteiger partial charge in [0.15, 0.2) is 0 Å². The van der Waals surface area contributed by atoms with E-state index in [-0.39, 0.29) is 0 Å². The minimum absolute atomic E-state index is 0.887. The molecule has 1 aliphatic rings. The van der Waals surface area contributed by atoms with Gasteiger partial charge in [0, 0.05) is 0 Å². The van der Waals surface area contributed by atoms with E-state index in [0.29, 0.717) is 0 Å². The molecule has 0 amide bonds. The molecule has 1 atom stereocenters. The van der Waals surface area contributed by atoms with Crippen LogP contribution >= 0.6 is 0 Å². The van der Waals surface area contributed by atoms with E-state index in [1.807, 2.05) is 0 Å². The molecule has 0 spiro atoms. The highest BCUT2D eigenvalue weighted by atomic mass is 14.3. The van der Waals surface area contributed by atoms with Gasteiger partial charge in [0.05, 0.1) is 0 Å². The van der Waals surface area contributed by atoms with E-state index in [4.69, 9.17) is 0 Å². The summed E-state index contributed by atoms with van der Waals surface area (Å²) in [7, 11) is 0. The lowest BCUT2D eigenvalue weighted by molar-refractivity contribution is 0.431. The van der Waals surface area contributed by atoms with Gasteiger partial charge in [-0.15, -0.1) is 0 Å². The summed E-state index contributed by atoms with van der Waals surface area (Å²) < 4.78 is 0. The van der Waals surface area contributed by atoms with E-state index < -0.39 is 0 Å². The Morgan fingerprint density at radius 2 is 2.07 bits per heavy atom. The summed E-state index contributed by atoms with van der Waals surface area (Å²) in [6.45, 7) is 9.08. The van der Waals surface area contributed by atoms with Crippen LogP contribution in [0.25, 0.3) is 0 Å². The molecule has 1 fully saturated rings. The standard InChI is InChI=1S/C14H24/c1-5-7-11(3)10-13-8-9-14(13)12(4)6-2/h7,13H,5-6,8-10H2,1-4H3. The Balaban J connectivity index is 2.52. The van der Waals surface area contributed by atoms with Crippen LogP contribution in [0.4, 0.5) is 0 Å². The molecule has 0 aromatic rings. The highest BCUT2D eigenvalue weighted by molar-refractivity contribution is 5.23. The van der Waals surface area contributed by atoms with Gasteiger partial charge >= 0.3 is 0 Å². The predicted octanol–water partition coefficient (Wildman–Crippen LogP) is 4.87. The Morgan fingerprint density at radius 3 is 2.50 bits per heavy atom. The van der Waals surface area contributed by atoms with Gasteiger partial charge in [-0.2, -0.15) is 0 Å². The first kappa shape index (κ1) is 11.6. The first-order chi connectivity index (χ1) is 6.69. The zero-order chi connectivity index (χ0) is 10.6. The minimum atomic E-state index is 0.887. The Bertz CT molecular complexity index is 243. The second-order valence-corrected chi connectivity index (χ2v) is 4.56. The molecule has 0 nitrogen and oxygen atoms in total. The Morgan fingerprint density at radius 1 is 1.36 bits per heavy atom. The van der Waals surface area contributed by atoms with Crippen molar-refractivity contribution in [1.29, 1.82) is 0 Å². The summed E-state index contributed by atoms with van der Waals surface area (Å²) in [5, 5.41) is 0. The van der Waals surface area contributed by atoms with Crippen LogP contribution in [-0.4, -0.2) is 0 Å². The van der Waals surface area contributed by atoms with Crippen LogP contribution in [0.5, 0.6) is 0 Å². The van der Waals surface area contributed by atoms with Gasteiger partial charge in [0.25, 0.3) is 0 Å². The Labute approximate surface area is 89.1 Å². The topological polar surface area (TPSA) is 0 Å².